The fourth-order valence-electron chi connectivity index (χ4n) is 2.81. The predicted octanol–water partition coefficient (Wildman–Crippen LogP) is 2.37. The van der Waals surface area contributed by atoms with E-state index in [0.29, 0.717) is 32.1 Å². The molecule has 0 unspecified atom stereocenters. The van der Waals surface area contributed by atoms with Gasteiger partial charge in [-0.25, -0.2) is 4.79 Å². The number of carbonyl (C=O) groups is 1. The molecule has 0 aromatic heterocycles. The van der Waals surface area contributed by atoms with Crippen molar-refractivity contribution < 1.29 is 9.53 Å². The minimum Gasteiger partial charge on any atom is -0.444 e. The van der Waals surface area contributed by atoms with E-state index < -0.39 is 5.60 Å². The van der Waals surface area contributed by atoms with Gasteiger partial charge in [0.1, 0.15) is 5.60 Å². The number of unbranched alkanes of at least 4 members (excludes halogenated alkanes) is 4. The van der Waals surface area contributed by atoms with Crippen molar-refractivity contribution in [3.8, 4) is 0 Å². The van der Waals surface area contributed by atoms with Crippen molar-refractivity contribution in [3.05, 3.63) is 0 Å². The SMILES string of the molecule is CN(C)CCCCCCCN=C(N)N1CCN(C(=O)OC(C)(C)C)CC1. The van der Waals surface area contributed by atoms with Crippen LogP contribution >= 0.6 is 0 Å². The summed E-state index contributed by atoms with van der Waals surface area (Å²) in [5.74, 6) is 0.599. The Labute approximate surface area is 159 Å². The number of amides is 1. The average Bonchev–Trinajstić information content (AvgIpc) is 2.55. The van der Waals surface area contributed by atoms with E-state index in [-0.39, 0.29) is 6.09 Å². The van der Waals surface area contributed by atoms with Crippen LogP contribution in [0, 0.1) is 0 Å². The van der Waals surface area contributed by atoms with E-state index in [1.807, 2.05) is 20.8 Å². The maximum atomic E-state index is 12.1. The molecule has 1 fully saturated rings. The van der Waals surface area contributed by atoms with E-state index in [9.17, 15) is 4.79 Å². The average molecular weight is 370 g/mol. The second kappa shape index (κ2) is 11.3. The molecule has 0 radical (unpaired) electrons. The second-order valence-corrected chi connectivity index (χ2v) is 8.27. The number of hydrogen-bond acceptors (Lipinski definition) is 4. The summed E-state index contributed by atoms with van der Waals surface area (Å²) >= 11 is 0. The maximum absolute atomic E-state index is 12.1. The number of piperazine rings is 1. The number of carbonyl (C=O) groups excluding carboxylic acids is 1. The third-order valence-electron chi connectivity index (χ3n) is 4.29. The fourth-order valence-corrected chi connectivity index (χ4v) is 2.81. The molecule has 1 saturated heterocycles. The van der Waals surface area contributed by atoms with Gasteiger partial charge in [-0.15, -0.1) is 0 Å². The Morgan fingerprint density at radius 3 is 2.12 bits per heavy atom. The smallest absolute Gasteiger partial charge is 0.410 e. The Balaban J connectivity index is 2.17. The highest BCUT2D eigenvalue weighted by atomic mass is 16.6. The minimum atomic E-state index is -0.457. The van der Waals surface area contributed by atoms with E-state index in [4.69, 9.17) is 10.5 Å². The first-order chi connectivity index (χ1) is 12.2. The molecule has 0 bridgehead atoms. The summed E-state index contributed by atoms with van der Waals surface area (Å²) < 4.78 is 5.41. The molecule has 0 saturated carbocycles. The number of aliphatic imine (C=N–C) groups is 1. The highest BCUT2D eigenvalue weighted by Crippen LogP contribution is 2.12. The van der Waals surface area contributed by atoms with Gasteiger partial charge in [0, 0.05) is 32.7 Å². The lowest BCUT2D eigenvalue weighted by Gasteiger charge is -2.36. The van der Waals surface area contributed by atoms with Crippen LogP contribution in [0.5, 0.6) is 0 Å². The van der Waals surface area contributed by atoms with Crippen LogP contribution in [0.4, 0.5) is 4.79 Å². The van der Waals surface area contributed by atoms with Gasteiger partial charge in [0.2, 0.25) is 0 Å². The van der Waals surface area contributed by atoms with E-state index in [1.54, 1.807) is 4.90 Å². The lowest BCUT2D eigenvalue weighted by Crippen LogP contribution is -2.53. The predicted molar refractivity (Wildman–Crippen MR) is 108 cm³/mol. The van der Waals surface area contributed by atoms with Gasteiger partial charge in [-0.05, 0) is 54.3 Å². The van der Waals surface area contributed by atoms with E-state index in [2.05, 4.69) is 28.9 Å². The van der Waals surface area contributed by atoms with Crippen molar-refractivity contribution in [2.24, 2.45) is 10.7 Å². The Kier molecular flexibility index (Phi) is 9.76. The first kappa shape index (κ1) is 22.5. The van der Waals surface area contributed by atoms with Gasteiger partial charge in [-0.3, -0.25) is 4.99 Å². The second-order valence-electron chi connectivity index (χ2n) is 8.27. The van der Waals surface area contributed by atoms with Gasteiger partial charge in [0.25, 0.3) is 0 Å². The summed E-state index contributed by atoms with van der Waals surface area (Å²) in [5.41, 5.74) is 5.65. The summed E-state index contributed by atoms with van der Waals surface area (Å²) in [6.07, 6.45) is 5.85. The summed E-state index contributed by atoms with van der Waals surface area (Å²) in [5, 5.41) is 0. The molecule has 0 atom stereocenters. The van der Waals surface area contributed by atoms with E-state index >= 15 is 0 Å². The Morgan fingerprint density at radius 2 is 1.54 bits per heavy atom. The van der Waals surface area contributed by atoms with Crippen LogP contribution in [-0.4, -0.2) is 85.7 Å². The number of rotatable bonds is 8. The Bertz CT molecular complexity index is 438. The Morgan fingerprint density at radius 1 is 1.00 bits per heavy atom. The number of hydrogen-bond donors (Lipinski definition) is 1. The largest absolute Gasteiger partial charge is 0.444 e. The van der Waals surface area contributed by atoms with Crippen LogP contribution in [0.15, 0.2) is 4.99 Å². The molecule has 0 spiro atoms. The lowest BCUT2D eigenvalue weighted by atomic mass is 10.1. The molecule has 26 heavy (non-hydrogen) atoms. The number of nitrogens with two attached hydrogens (primary N) is 1. The van der Waals surface area contributed by atoms with Crippen molar-refractivity contribution in [1.82, 2.24) is 14.7 Å². The maximum Gasteiger partial charge on any atom is 0.410 e. The molecular formula is C19H39N5O2. The zero-order valence-electron chi connectivity index (χ0n) is 17.5. The van der Waals surface area contributed by atoms with Crippen molar-refractivity contribution in [3.63, 3.8) is 0 Å². The van der Waals surface area contributed by atoms with Gasteiger partial charge < -0.3 is 25.2 Å². The molecule has 2 N–H and O–H groups in total. The van der Waals surface area contributed by atoms with Crippen molar-refractivity contribution in [2.75, 3.05) is 53.4 Å². The molecule has 1 rings (SSSR count). The van der Waals surface area contributed by atoms with Gasteiger partial charge in [-0.2, -0.15) is 0 Å². The molecule has 7 nitrogen and oxygen atoms in total. The molecule has 0 aromatic rings. The van der Waals surface area contributed by atoms with Crippen LogP contribution in [0.3, 0.4) is 0 Å². The summed E-state index contributed by atoms with van der Waals surface area (Å²) in [6.45, 7) is 10.3. The molecule has 152 valence electrons. The molecule has 1 aliphatic rings. The van der Waals surface area contributed by atoms with Gasteiger partial charge in [0.15, 0.2) is 5.96 Å². The van der Waals surface area contributed by atoms with E-state index in [0.717, 1.165) is 13.0 Å². The van der Waals surface area contributed by atoms with Crippen LogP contribution in [0.25, 0.3) is 0 Å². The first-order valence-corrected chi connectivity index (χ1v) is 9.86. The van der Waals surface area contributed by atoms with Crippen molar-refractivity contribution >= 4 is 12.1 Å². The van der Waals surface area contributed by atoms with Crippen LogP contribution in [0.2, 0.25) is 0 Å². The minimum absolute atomic E-state index is 0.248. The molecule has 0 aromatic carbocycles. The highest BCUT2D eigenvalue weighted by Gasteiger charge is 2.26. The highest BCUT2D eigenvalue weighted by molar-refractivity contribution is 5.78. The monoisotopic (exact) mass is 369 g/mol. The zero-order chi connectivity index (χ0) is 19.6. The quantitative estimate of drug-likeness (QED) is 0.404. The van der Waals surface area contributed by atoms with E-state index in [1.165, 1.54) is 32.2 Å². The topological polar surface area (TPSA) is 74.4 Å². The van der Waals surface area contributed by atoms with Crippen LogP contribution < -0.4 is 5.73 Å². The molecule has 0 aliphatic carbocycles. The molecule has 1 aliphatic heterocycles. The third-order valence-corrected chi connectivity index (χ3v) is 4.29. The zero-order valence-corrected chi connectivity index (χ0v) is 17.5. The van der Waals surface area contributed by atoms with Crippen molar-refractivity contribution in [1.29, 1.82) is 0 Å². The van der Waals surface area contributed by atoms with Crippen molar-refractivity contribution in [2.45, 2.75) is 58.5 Å². The normalized spacial score (nSPS) is 16.3. The summed E-state index contributed by atoms with van der Waals surface area (Å²) in [4.78, 5) is 22.6. The molecule has 1 amide bonds. The van der Waals surface area contributed by atoms with Gasteiger partial charge in [-0.1, -0.05) is 19.3 Å². The number of guanidine groups is 1. The molecular weight excluding hydrogens is 330 g/mol. The van der Waals surface area contributed by atoms with Crippen LogP contribution in [0.1, 0.15) is 52.9 Å². The number of ether oxygens (including phenoxy) is 1. The van der Waals surface area contributed by atoms with Gasteiger partial charge in [0.05, 0.1) is 0 Å². The summed E-state index contributed by atoms with van der Waals surface area (Å²) in [6, 6.07) is 0. The first-order valence-electron chi connectivity index (χ1n) is 9.86. The third kappa shape index (κ3) is 9.85. The number of nitrogens with zero attached hydrogens (tertiary/aromatic N) is 4. The Hall–Kier alpha value is -1.50. The summed E-state index contributed by atoms with van der Waals surface area (Å²) in [7, 11) is 4.23. The molecule has 1 heterocycles. The lowest BCUT2D eigenvalue weighted by molar-refractivity contribution is 0.0186. The standard InChI is InChI=1S/C19H39N5O2/c1-19(2,3)26-18(25)24-15-13-23(14-16-24)17(20)21-11-9-7-6-8-10-12-22(4)5/h6-16H2,1-5H3,(H2,20,21). The fraction of sp³-hybridized carbons (Fsp3) is 0.895. The molecule has 7 heteroatoms. The van der Waals surface area contributed by atoms with Gasteiger partial charge >= 0.3 is 6.09 Å². The van der Waals surface area contributed by atoms with Crippen LogP contribution in [-0.2, 0) is 4.74 Å².